The number of rotatable bonds is 20. The predicted octanol–water partition coefficient (Wildman–Crippen LogP) is 1.32. The molecule has 8 nitrogen and oxygen atoms in total. The second kappa shape index (κ2) is 18.5. The fourth-order valence-corrected chi connectivity index (χ4v) is 2.05. The first kappa shape index (κ1) is 24.7. The second-order valence-corrected chi connectivity index (χ2v) is 5.94. The summed E-state index contributed by atoms with van der Waals surface area (Å²) in [5.41, 5.74) is -0.600. The predicted molar refractivity (Wildman–Crippen MR) is 86.4 cm³/mol. The van der Waals surface area contributed by atoms with Crippen molar-refractivity contribution in [1.29, 1.82) is 0 Å². The van der Waals surface area contributed by atoms with Crippen LogP contribution in [0.3, 0.4) is 0 Å². The van der Waals surface area contributed by atoms with Gasteiger partial charge in [0.25, 0.3) is 20.4 Å². The van der Waals surface area contributed by atoms with Gasteiger partial charge in [0, 0.05) is 0 Å². The molecule has 8 heteroatoms. The third-order valence-electron chi connectivity index (χ3n) is 3.37. The third-order valence-corrected chi connectivity index (χ3v) is 3.37. The average molecular weight is 364 g/mol. The van der Waals surface area contributed by atoms with Gasteiger partial charge in [-0.3, -0.25) is 0 Å². The van der Waals surface area contributed by atoms with E-state index in [1.54, 1.807) is 0 Å². The number of ether oxygens (including phenoxy) is 4. The van der Waals surface area contributed by atoms with Crippen LogP contribution in [0.2, 0.25) is 0 Å². The zero-order valence-electron chi connectivity index (χ0n) is 15.1. The van der Waals surface area contributed by atoms with Gasteiger partial charge < -0.3 is 18.9 Å². The van der Waals surface area contributed by atoms with Crippen molar-refractivity contribution >= 4 is 0 Å². The largest absolute Gasteiger partial charge is 0.380 e. The standard InChI is InChI=1S/C17H32O8/c18-5-1-9-22-13-17(14-23-10-2-6-19,15-24-11-3-7-20)16-25-12-4-8-21/h1-16H2/q+4. The smallest absolute Gasteiger partial charge is 0.339 e. The van der Waals surface area contributed by atoms with E-state index in [4.69, 9.17) is 18.9 Å². The summed E-state index contributed by atoms with van der Waals surface area (Å²) in [7, 11) is 0. The molecule has 0 spiro atoms. The Balaban J connectivity index is 4.62. The highest BCUT2D eigenvalue weighted by Gasteiger charge is 2.32. The molecule has 0 heterocycles. The van der Waals surface area contributed by atoms with Gasteiger partial charge in [0.2, 0.25) is 0 Å². The van der Waals surface area contributed by atoms with Crippen molar-refractivity contribution < 1.29 is 39.4 Å². The van der Waals surface area contributed by atoms with Gasteiger partial charge in [-0.05, 0) is 0 Å². The molecule has 0 aliphatic heterocycles. The molecule has 0 saturated carbocycles. The van der Waals surface area contributed by atoms with E-state index < -0.39 is 5.41 Å². The van der Waals surface area contributed by atoms with Crippen molar-refractivity contribution in [1.82, 2.24) is 0 Å². The monoisotopic (exact) mass is 364 g/mol. The van der Waals surface area contributed by atoms with E-state index in [1.807, 2.05) is 0 Å². The maximum absolute atomic E-state index is 10.5. The molecular weight excluding hydrogens is 332 g/mol. The van der Waals surface area contributed by atoms with Crippen LogP contribution in [0, 0.1) is 5.41 Å². The Bertz CT molecular complexity index is 212. The summed E-state index contributed by atoms with van der Waals surface area (Å²) in [6, 6.07) is 0. The highest BCUT2D eigenvalue weighted by Crippen LogP contribution is 2.21. The average Bonchev–Trinajstić information content (AvgIpc) is 2.63. The Labute approximate surface area is 150 Å². The molecule has 0 aliphatic carbocycles. The van der Waals surface area contributed by atoms with Crippen LogP contribution >= 0.6 is 0 Å². The van der Waals surface area contributed by atoms with E-state index in [-0.39, 0.29) is 52.9 Å². The summed E-state index contributed by atoms with van der Waals surface area (Å²) >= 11 is 0. The minimum absolute atomic E-state index is 0.201. The molecule has 0 atom stereocenters. The normalized spacial score (nSPS) is 12.0. The van der Waals surface area contributed by atoms with Crippen LogP contribution in [0.15, 0.2) is 0 Å². The molecule has 0 saturated heterocycles. The molecule has 0 unspecified atom stereocenters. The van der Waals surface area contributed by atoms with Crippen molar-refractivity contribution in [3.8, 4) is 0 Å². The minimum atomic E-state index is -0.600. The maximum atomic E-state index is 10.5. The topological polar surface area (TPSA) is 117 Å². The molecule has 0 bridgehead atoms. The zero-order valence-corrected chi connectivity index (χ0v) is 15.1. The van der Waals surface area contributed by atoms with Crippen molar-refractivity contribution in [2.75, 3.05) is 79.3 Å². The lowest BCUT2D eigenvalue weighted by molar-refractivity contribution is -0.110. The fourth-order valence-electron chi connectivity index (χ4n) is 2.05. The summed E-state index contributed by atoms with van der Waals surface area (Å²) in [6.45, 7) is 1.66. The van der Waals surface area contributed by atoms with Crippen molar-refractivity contribution in [3.05, 3.63) is 0 Å². The van der Waals surface area contributed by atoms with Gasteiger partial charge >= 0.3 is 26.4 Å². The van der Waals surface area contributed by atoms with Gasteiger partial charge in [0.05, 0.1) is 84.0 Å². The van der Waals surface area contributed by atoms with Gasteiger partial charge in [-0.15, -0.1) is 0 Å². The fraction of sp³-hybridized carbons (Fsp3) is 1.00. The van der Waals surface area contributed by atoms with Crippen LogP contribution in [-0.4, -0.2) is 79.3 Å². The highest BCUT2D eigenvalue weighted by atomic mass is 16.5. The van der Waals surface area contributed by atoms with Gasteiger partial charge in [-0.25, -0.2) is 0 Å². The first-order valence-electron chi connectivity index (χ1n) is 8.88. The van der Waals surface area contributed by atoms with Crippen LogP contribution in [0.1, 0.15) is 25.7 Å². The molecule has 8 radical (unpaired) electrons. The van der Waals surface area contributed by atoms with E-state index in [1.165, 1.54) is 0 Å². The summed E-state index contributed by atoms with van der Waals surface area (Å²) in [4.78, 5) is 0. The Hall–Kier alpha value is -0.320. The lowest BCUT2D eigenvalue weighted by atomic mass is 9.92. The van der Waals surface area contributed by atoms with Crippen LogP contribution in [0.5, 0.6) is 0 Å². The van der Waals surface area contributed by atoms with Gasteiger partial charge in [-0.2, -0.15) is 0 Å². The third kappa shape index (κ3) is 14.5. The molecule has 0 aromatic carbocycles. The number of hydrogen-bond donors (Lipinski definition) is 0. The molecule has 0 N–H and O–H groups in total. The molecule has 0 aromatic heterocycles. The zero-order chi connectivity index (χ0) is 18.6. The Morgan fingerprint density at radius 3 is 0.880 bits per heavy atom. The second-order valence-electron chi connectivity index (χ2n) is 5.94. The molecule has 0 rings (SSSR count). The van der Waals surface area contributed by atoms with Gasteiger partial charge in [0.15, 0.2) is 0 Å². The van der Waals surface area contributed by atoms with Crippen LogP contribution in [0.4, 0.5) is 0 Å². The molecule has 0 aromatic rings. The van der Waals surface area contributed by atoms with Gasteiger partial charge in [0.1, 0.15) is 0 Å². The van der Waals surface area contributed by atoms with E-state index in [9.17, 15) is 20.4 Å². The first-order valence-corrected chi connectivity index (χ1v) is 8.88. The molecule has 144 valence electrons. The van der Waals surface area contributed by atoms with Crippen LogP contribution in [-0.2, 0) is 39.4 Å². The van der Waals surface area contributed by atoms with E-state index >= 15 is 0 Å². The van der Waals surface area contributed by atoms with Gasteiger partial charge in [-0.1, -0.05) is 0 Å². The Kier molecular flexibility index (Phi) is 18.2. The summed E-state index contributed by atoms with van der Waals surface area (Å²) in [5, 5.41) is 42.2. The van der Waals surface area contributed by atoms with E-state index in [0.717, 1.165) is 0 Å². The molecule has 0 fully saturated rings. The molecule has 0 aliphatic rings. The minimum Gasteiger partial charge on any atom is -0.380 e. The van der Waals surface area contributed by atoms with E-state index in [2.05, 4.69) is 0 Å². The highest BCUT2D eigenvalue weighted by molar-refractivity contribution is 4.79. The Morgan fingerprint density at radius 1 is 0.440 bits per heavy atom. The lowest BCUT2D eigenvalue weighted by Gasteiger charge is -2.32. The molecule has 25 heavy (non-hydrogen) atoms. The maximum Gasteiger partial charge on any atom is 0.339 e. The first-order chi connectivity index (χ1) is 12.2. The summed E-state index contributed by atoms with van der Waals surface area (Å²) in [6.07, 6.45) is 1.67. The summed E-state index contributed by atoms with van der Waals surface area (Å²) in [5.74, 6) is 0. The SMILES string of the molecule is [O+]CCCOCC(COCCC[O+])(COCCC[O+])COCCC[O+]. The van der Waals surface area contributed by atoms with Crippen molar-refractivity contribution in [3.63, 3.8) is 0 Å². The number of hydrogen-bond acceptors (Lipinski definition) is 4. The molecule has 0 amide bonds. The van der Waals surface area contributed by atoms with E-state index in [0.29, 0.717) is 52.1 Å². The van der Waals surface area contributed by atoms with Crippen molar-refractivity contribution in [2.45, 2.75) is 25.7 Å². The molecular formula is C17H32O8+4. The lowest BCUT2D eigenvalue weighted by Crippen LogP contribution is -2.42. The van der Waals surface area contributed by atoms with Crippen LogP contribution < -0.4 is 0 Å². The van der Waals surface area contributed by atoms with Crippen LogP contribution in [0.25, 0.3) is 0 Å². The van der Waals surface area contributed by atoms with Crippen molar-refractivity contribution in [2.24, 2.45) is 5.41 Å². The summed E-state index contributed by atoms with van der Waals surface area (Å²) < 4.78 is 22.3. The Morgan fingerprint density at radius 2 is 0.680 bits per heavy atom. The quantitative estimate of drug-likeness (QED) is 0.239.